The molecule has 1 N–H and O–H groups in total. The smallest absolute Gasteiger partial charge is 0.122 e. The Kier molecular flexibility index (Phi) is 3.51. The Morgan fingerprint density at radius 1 is 1.47 bits per heavy atom. The summed E-state index contributed by atoms with van der Waals surface area (Å²) in [6.45, 7) is 3.86. The fraction of sp³-hybridized carbons (Fsp3) is 0.533. The second kappa shape index (κ2) is 5.29. The van der Waals surface area contributed by atoms with Crippen molar-refractivity contribution in [3.05, 3.63) is 30.1 Å². The molecule has 1 fully saturated rings. The van der Waals surface area contributed by atoms with E-state index in [1.165, 1.54) is 0 Å². The zero-order valence-electron chi connectivity index (χ0n) is 11.3. The van der Waals surface area contributed by atoms with E-state index in [9.17, 15) is 4.39 Å². The zero-order chi connectivity index (χ0) is 13.2. The fourth-order valence-corrected chi connectivity index (χ4v) is 2.97. The first-order chi connectivity index (χ1) is 9.29. The van der Waals surface area contributed by atoms with E-state index in [0.29, 0.717) is 6.42 Å². The molecule has 1 saturated heterocycles. The average Bonchev–Trinajstić information content (AvgIpc) is 3.05. The lowest BCUT2D eigenvalue weighted by atomic mass is 10.1. The highest BCUT2D eigenvalue weighted by atomic mass is 19.1. The quantitative estimate of drug-likeness (QED) is 0.917. The van der Waals surface area contributed by atoms with Crippen LogP contribution in [-0.2, 0) is 13.0 Å². The van der Waals surface area contributed by atoms with Crippen LogP contribution < -0.4 is 5.32 Å². The van der Waals surface area contributed by atoms with Gasteiger partial charge in [-0.15, -0.1) is 0 Å². The summed E-state index contributed by atoms with van der Waals surface area (Å²) in [6.07, 6.45) is 1.58. The summed E-state index contributed by atoms with van der Waals surface area (Å²) in [5.41, 5.74) is 2.07. The Hall–Kier alpha value is -1.42. The van der Waals surface area contributed by atoms with E-state index in [1.54, 1.807) is 0 Å². The number of hydrogen-bond acceptors (Lipinski definition) is 2. The molecule has 2 unspecified atom stereocenters. The first-order valence-corrected chi connectivity index (χ1v) is 7.11. The van der Waals surface area contributed by atoms with Crippen molar-refractivity contribution < 1.29 is 4.39 Å². The van der Waals surface area contributed by atoms with Gasteiger partial charge in [-0.2, -0.15) is 0 Å². The van der Waals surface area contributed by atoms with Gasteiger partial charge in [-0.25, -0.2) is 9.37 Å². The predicted molar refractivity (Wildman–Crippen MR) is 75.0 cm³/mol. The molecule has 0 aliphatic carbocycles. The van der Waals surface area contributed by atoms with Crippen LogP contribution in [0.4, 0.5) is 4.39 Å². The minimum atomic E-state index is -0.843. The highest BCUT2D eigenvalue weighted by Crippen LogP contribution is 2.20. The summed E-state index contributed by atoms with van der Waals surface area (Å²) < 4.78 is 16.4. The van der Waals surface area contributed by atoms with Crippen molar-refractivity contribution in [3.63, 3.8) is 0 Å². The van der Waals surface area contributed by atoms with Crippen LogP contribution in [0, 0.1) is 0 Å². The van der Waals surface area contributed by atoms with E-state index >= 15 is 0 Å². The van der Waals surface area contributed by atoms with Crippen molar-refractivity contribution in [3.8, 4) is 0 Å². The second-order valence-electron chi connectivity index (χ2n) is 5.18. The number of aromatic nitrogens is 2. The number of alkyl halides is 1. The number of hydrogen-bond donors (Lipinski definition) is 1. The van der Waals surface area contributed by atoms with Crippen molar-refractivity contribution in [2.24, 2.45) is 0 Å². The Labute approximate surface area is 112 Å². The van der Waals surface area contributed by atoms with Crippen LogP contribution >= 0.6 is 0 Å². The molecule has 2 heterocycles. The molecule has 0 saturated carbocycles. The van der Waals surface area contributed by atoms with Gasteiger partial charge in [0.1, 0.15) is 12.0 Å². The van der Waals surface area contributed by atoms with E-state index in [0.717, 1.165) is 42.8 Å². The number of para-hydroxylation sites is 2. The van der Waals surface area contributed by atoms with Gasteiger partial charge in [-0.05, 0) is 38.4 Å². The molecule has 3 nitrogen and oxygen atoms in total. The Morgan fingerprint density at radius 3 is 3.05 bits per heavy atom. The fourth-order valence-electron chi connectivity index (χ4n) is 2.97. The van der Waals surface area contributed by atoms with E-state index in [2.05, 4.69) is 27.9 Å². The third kappa shape index (κ3) is 2.37. The van der Waals surface area contributed by atoms with Crippen molar-refractivity contribution in [2.75, 3.05) is 6.54 Å². The van der Waals surface area contributed by atoms with Gasteiger partial charge >= 0.3 is 0 Å². The number of halogens is 1. The number of nitrogens with one attached hydrogen (secondary N) is 1. The molecule has 1 aliphatic rings. The van der Waals surface area contributed by atoms with Gasteiger partial charge in [0.25, 0.3) is 0 Å². The predicted octanol–water partition coefficient (Wildman–Crippen LogP) is 2.69. The van der Waals surface area contributed by atoms with Crippen LogP contribution in [0.5, 0.6) is 0 Å². The molecule has 0 spiro atoms. The molecule has 102 valence electrons. The lowest BCUT2D eigenvalue weighted by molar-refractivity contribution is 0.258. The zero-order valence-corrected chi connectivity index (χ0v) is 11.3. The topological polar surface area (TPSA) is 29.9 Å². The highest BCUT2D eigenvalue weighted by Gasteiger charge is 2.26. The van der Waals surface area contributed by atoms with Crippen LogP contribution in [0.1, 0.15) is 25.6 Å². The minimum Gasteiger partial charge on any atom is -0.328 e. The average molecular weight is 261 g/mol. The van der Waals surface area contributed by atoms with Crippen molar-refractivity contribution in [1.29, 1.82) is 0 Å². The SMILES string of the molecule is CCn1c(CC(F)C2CCCN2)nc2ccccc21. The second-order valence-corrected chi connectivity index (χ2v) is 5.18. The summed E-state index contributed by atoms with van der Waals surface area (Å²) in [7, 11) is 0. The summed E-state index contributed by atoms with van der Waals surface area (Å²) in [4.78, 5) is 4.59. The van der Waals surface area contributed by atoms with Crippen molar-refractivity contribution in [2.45, 2.75) is 44.9 Å². The maximum Gasteiger partial charge on any atom is 0.122 e. The summed E-state index contributed by atoms with van der Waals surface area (Å²) in [5, 5.41) is 3.24. The van der Waals surface area contributed by atoms with E-state index in [1.807, 2.05) is 18.2 Å². The number of benzene rings is 1. The molecule has 2 atom stereocenters. The molecule has 0 bridgehead atoms. The standard InChI is InChI=1S/C15H20FN3/c1-2-19-14-8-4-3-6-13(14)18-15(19)10-11(16)12-7-5-9-17-12/h3-4,6,8,11-12,17H,2,5,7,9-10H2,1H3. The summed E-state index contributed by atoms with van der Waals surface area (Å²) in [5.74, 6) is 0.866. The Morgan fingerprint density at radius 2 is 2.32 bits per heavy atom. The van der Waals surface area contributed by atoms with E-state index in [4.69, 9.17) is 0 Å². The normalized spacial score (nSPS) is 21.1. The van der Waals surface area contributed by atoms with Crippen LogP contribution in [0.3, 0.4) is 0 Å². The highest BCUT2D eigenvalue weighted by molar-refractivity contribution is 5.75. The van der Waals surface area contributed by atoms with Gasteiger partial charge in [0, 0.05) is 19.0 Å². The van der Waals surface area contributed by atoms with E-state index < -0.39 is 6.17 Å². The molecule has 2 aromatic rings. The van der Waals surface area contributed by atoms with Gasteiger partial charge in [-0.3, -0.25) is 0 Å². The van der Waals surface area contributed by atoms with Crippen molar-refractivity contribution in [1.82, 2.24) is 14.9 Å². The molecular formula is C15H20FN3. The molecule has 1 aliphatic heterocycles. The molecule has 1 aromatic carbocycles. The van der Waals surface area contributed by atoms with E-state index in [-0.39, 0.29) is 6.04 Å². The number of rotatable bonds is 4. The van der Waals surface area contributed by atoms with Crippen LogP contribution in [0.25, 0.3) is 11.0 Å². The van der Waals surface area contributed by atoms with Crippen LogP contribution in [0.15, 0.2) is 24.3 Å². The lowest BCUT2D eigenvalue weighted by Crippen LogP contribution is -2.33. The molecule has 3 rings (SSSR count). The monoisotopic (exact) mass is 261 g/mol. The number of nitrogens with zero attached hydrogens (tertiary/aromatic N) is 2. The maximum absolute atomic E-state index is 14.3. The number of imidazole rings is 1. The summed E-state index contributed by atoms with van der Waals surface area (Å²) >= 11 is 0. The van der Waals surface area contributed by atoms with Crippen LogP contribution in [-0.4, -0.2) is 28.3 Å². The van der Waals surface area contributed by atoms with Crippen LogP contribution in [0.2, 0.25) is 0 Å². The lowest BCUT2D eigenvalue weighted by Gasteiger charge is -2.16. The first kappa shape index (κ1) is 12.6. The van der Waals surface area contributed by atoms with Gasteiger partial charge in [0.15, 0.2) is 0 Å². The molecular weight excluding hydrogens is 241 g/mol. The molecule has 4 heteroatoms. The van der Waals surface area contributed by atoms with Gasteiger partial charge in [-0.1, -0.05) is 12.1 Å². The maximum atomic E-state index is 14.3. The molecule has 19 heavy (non-hydrogen) atoms. The molecule has 0 amide bonds. The van der Waals surface area contributed by atoms with Crippen molar-refractivity contribution >= 4 is 11.0 Å². The molecule has 0 radical (unpaired) electrons. The Balaban J connectivity index is 1.87. The van der Waals surface area contributed by atoms with Gasteiger partial charge in [0.2, 0.25) is 0 Å². The molecule has 1 aromatic heterocycles. The third-order valence-electron chi connectivity index (χ3n) is 3.96. The number of fused-ring (bicyclic) bond motifs is 1. The first-order valence-electron chi connectivity index (χ1n) is 7.11. The van der Waals surface area contributed by atoms with Gasteiger partial charge < -0.3 is 9.88 Å². The third-order valence-corrected chi connectivity index (χ3v) is 3.96. The van der Waals surface area contributed by atoms with Gasteiger partial charge in [0.05, 0.1) is 11.0 Å². The largest absolute Gasteiger partial charge is 0.328 e. The Bertz CT molecular complexity index is 558. The summed E-state index contributed by atoms with van der Waals surface area (Å²) in [6, 6.07) is 8.03. The number of aryl methyl sites for hydroxylation is 1. The minimum absolute atomic E-state index is 0.00474.